The second kappa shape index (κ2) is 10.3. The van der Waals surface area contributed by atoms with E-state index in [1.807, 2.05) is 17.9 Å². The maximum Gasteiger partial charge on any atom is 0.246 e. The third-order valence-electron chi connectivity index (χ3n) is 5.24. The van der Waals surface area contributed by atoms with Gasteiger partial charge in [-0.3, -0.25) is 9.69 Å². The molecule has 0 aromatic heterocycles. The van der Waals surface area contributed by atoms with Crippen molar-refractivity contribution in [2.75, 3.05) is 19.6 Å². The van der Waals surface area contributed by atoms with Crippen molar-refractivity contribution < 1.29 is 14.3 Å². The summed E-state index contributed by atoms with van der Waals surface area (Å²) < 4.78 is 13.1. The van der Waals surface area contributed by atoms with Gasteiger partial charge in [0.15, 0.2) is 0 Å². The molecular weight excluding hydrogens is 427 g/mol. The van der Waals surface area contributed by atoms with Crippen molar-refractivity contribution in [2.45, 2.75) is 39.0 Å². The fourth-order valence-electron chi connectivity index (χ4n) is 3.61. The molecular formula is C26H28ClFN2O2. The monoisotopic (exact) mass is 454 g/mol. The lowest BCUT2D eigenvalue weighted by Crippen LogP contribution is -2.53. The summed E-state index contributed by atoms with van der Waals surface area (Å²) in [5.74, 6) is 5.43. The second-order valence-corrected chi connectivity index (χ2v) is 9.05. The first kappa shape index (κ1) is 24.0. The number of halogens is 2. The van der Waals surface area contributed by atoms with Crippen LogP contribution in [0.4, 0.5) is 4.39 Å². The van der Waals surface area contributed by atoms with Gasteiger partial charge in [-0.25, -0.2) is 4.39 Å². The van der Waals surface area contributed by atoms with E-state index in [1.165, 1.54) is 12.1 Å². The van der Waals surface area contributed by atoms with Crippen LogP contribution < -0.4 is 0 Å². The highest BCUT2D eigenvalue weighted by molar-refractivity contribution is 6.30. The predicted octanol–water partition coefficient (Wildman–Crippen LogP) is 4.35. The molecule has 0 aliphatic carbocycles. The Labute approximate surface area is 194 Å². The molecule has 1 saturated heterocycles. The molecule has 1 unspecified atom stereocenters. The Morgan fingerprint density at radius 1 is 1.25 bits per heavy atom. The number of nitrogens with zero attached hydrogens (tertiary/aromatic N) is 2. The predicted molar refractivity (Wildman–Crippen MR) is 127 cm³/mol. The fourth-order valence-corrected chi connectivity index (χ4v) is 3.78. The van der Waals surface area contributed by atoms with Crippen molar-refractivity contribution in [3.63, 3.8) is 0 Å². The number of amides is 1. The summed E-state index contributed by atoms with van der Waals surface area (Å²) in [6, 6.07) is 11.9. The van der Waals surface area contributed by atoms with Crippen molar-refractivity contribution in [3.8, 4) is 11.8 Å². The average Bonchev–Trinajstić information content (AvgIpc) is 2.72. The minimum absolute atomic E-state index is 0.0565. The molecule has 0 bridgehead atoms. The lowest BCUT2D eigenvalue weighted by Gasteiger charge is -2.39. The summed E-state index contributed by atoms with van der Waals surface area (Å²) in [6.45, 7) is 8.12. The van der Waals surface area contributed by atoms with E-state index in [4.69, 9.17) is 11.6 Å². The lowest BCUT2D eigenvalue weighted by atomic mass is 10.0. The smallest absolute Gasteiger partial charge is 0.246 e. The highest BCUT2D eigenvalue weighted by Crippen LogP contribution is 2.19. The maximum atomic E-state index is 13.1. The molecule has 1 aliphatic rings. The maximum absolute atomic E-state index is 13.1. The van der Waals surface area contributed by atoms with Gasteiger partial charge < -0.3 is 10.0 Å². The number of carbonyl (C=O) groups is 1. The summed E-state index contributed by atoms with van der Waals surface area (Å²) in [5, 5.41) is 10.4. The van der Waals surface area contributed by atoms with Crippen LogP contribution in [0.25, 0.3) is 6.08 Å². The molecule has 1 atom stereocenters. The molecule has 1 aliphatic heterocycles. The van der Waals surface area contributed by atoms with E-state index in [0.717, 1.165) is 30.8 Å². The average molecular weight is 455 g/mol. The molecule has 32 heavy (non-hydrogen) atoms. The van der Waals surface area contributed by atoms with Gasteiger partial charge in [0.1, 0.15) is 11.4 Å². The van der Waals surface area contributed by atoms with Gasteiger partial charge in [0.2, 0.25) is 5.91 Å². The van der Waals surface area contributed by atoms with E-state index in [9.17, 15) is 14.3 Å². The van der Waals surface area contributed by atoms with E-state index < -0.39 is 5.60 Å². The zero-order valence-electron chi connectivity index (χ0n) is 18.6. The zero-order valence-corrected chi connectivity index (χ0v) is 19.4. The molecule has 1 amide bonds. The van der Waals surface area contributed by atoms with Crippen molar-refractivity contribution in [1.82, 2.24) is 9.80 Å². The van der Waals surface area contributed by atoms with Gasteiger partial charge >= 0.3 is 0 Å². The number of hydrogen-bond acceptors (Lipinski definition) is 3. The van der Waals surface area contributed by atoms with Crippen LogP contribution in [0.15, 0.2) is 48.5 Å². The highest BCUT2D eigenvalue weighted by atomic mass is 35.5. The Morgan fingerprint density at radius 2 is 1.97 bits per heavy atom. The van der Waals surface area contributed by atoms with Crippen LogP contribution in [0.2, 0.25) is 5.02 Å². The number of piperazine rings is 1. The summed E-state index contributed by atoms with van der Waals surface area (Å²) in [5.41, 5.74) is 1.35. The topological polar surface area (TPSA) is 43.8 Å². The van der Waals surface area contributed by atoms with Crippen molar-refractivity contribution in [3.05, 3.63) is 76.1 Å². The lowest BCUT2D eigenvalue weighted by molar-refractivity contribution is -0.130. The standard InChI is InChI=1S/C26H28ClFN2O2/c1-19-17-29(18-20-4-9-24(28)10-5-20)14-15-30(19)25(31)11-7-21-6-8-23(27)16-22(21)12-13-26(2,3)32/h4-11,16,19,32H,14-15,17-18H2,1-3H3. The van der Waals surface area contributed by atoms with Crippen LogP contribution in [-0.4, -0.2) is 52.1 Å². The van der Waals surface area contributed by atoms with E-state index >= 15 is 0 Å². The molecule has 1 N–H and O–H groups in total. The van der Waals surface area contributed by atoms with E-state index in [-0.39, 0.29) is 17.8 Å². The highest BCUT2D eigenvalue weighted by Gasteiger charge is 2.26. The number of benzene rings is 2. The quantitative estimate of drug-likeness (QED) is 0.552. The van der Waals surface area contributed by atoms with E-state index in [2.05, 4.69) is 16.7 Å². The summed E-state index contributed by atoms with van der Waals surface area (Å²) in [7, 11) is 0. The minimum Gasteiger partial charge on any atom is -0.378 e. The molecule has 2 aromatic rings. The van der Waals surface area contributed by atoms with Crippen molar-refractivity contribution in [1.29, 1.82) is 0 Å². The van der Waals surface area contributed by atoms with Gasteiger partial charge in [0, 0.05) is 48.9 Å². The van der Waals surface area contributed by atoms with Crippen LogP contribution in [0.1, 0.15) is 37.5 Å². The molecule has 0 spiro atoms. The second-order valence-electron chi connectivity index (χ2n) is 8.62. The molecule has 0 radical (unpaired) electrons. The Hall–Kier alpha value is -2.65. The molecule has 1 fully saturated rings. The first-order valence-corrected chi connectivity index (χ1v) is 11.0. The Morgan fingerprint density at radius 3 is 2.62 bits per heavy atom. The molecule has 6 heteroatoms. The Kier molecular flexibility index (Phi) is 7.73. The van der Waals surface area contributed by atoms with Crippen LogP contribution >= 0.6 is 11.6 Å². The van der Waals surface area contributed by atoms with Gasteiger partial charge in [-0.2, -0.15) is 0 Å². The zero-order chi connectivity index (χ0) is 23.3. The van der Waals surface area contributed by atoms with E-state index in [1.54, 1.807) is 50.3 Å². The number of aliphatic hydroxyl groups is 1. The van der Waals surface area contributed by atoms with Crippen LogP contribution in [0, 0.1) is 17.7 Å². The molecule has 168 valence electrons. The third-order valence-corrected chi connectivity index (χ3v) is 5.47. The normalized spacial score (nSPS) is 17.3. The van der Waals surface area contributed by atoms with Crippen LogP contribution in [-0.2, 0) is 11.3 Å². The van der Waals surface area contributed by atoms with Gasteiger partial charge in [-0.05, 0) is 62.2 Å². The van der Waals surface area contributed by atoms with Gasteiger partial charge in [0.05, 0.1) is 0 Å². The molecule has 4 nitrogen and oxygen atoms in total. The largest absolute Gasteiger partial charge is 0.378 e. The first-order valence-electron chi connectivity index (χ1n) is 10.6. The third kappa shape index (κ3) is 6.93. The summed E-state index contributed by atoms with van der Waals surface area (Å²) in [6.07, 6.45) is 3.30. The first-order chi connectivity index (χ1) is 15.1. The number of hydrogen-bond donors (Lipinski definition) is 1. The van der Waals surface area contributed by atoms with Gasteiger partial charge in [-0.1, -0.05) is 41.6 Å². The molecule has 0 saturated carbocycles. The van der Waals surface area contributed by atoms with E-state index in [0.29, 0.717) is 17.1 Å². The van der Waals surface area contributed by atoms with Crippen molar-refractivity contribution in [2.24, 2.45) is 0 Å². The molecule has 1 heterocycles. The minimum atomic E-state index is -1.12. The Bertz CT molecular complexity index is 1050. The molecule has 3 rings (SSSR count). The van der Waals surface area contributed by atoms with Crippen LogP contribution in [0.3, 0.4) is 0 Å². The number of rotatable bonds is 4. The fraction of sp³-hybridized carbons (Fsp3) is 0.346. The molecule has 2 aromatic carbocycles. The summed E-state index contributed by atoms with van der Waals surface area (Å²) >= 11 is 6.10. The summed E-state index contributed by atoms with van der Waals surface area (Å²) in [4.78, 5) is 17.0. The SMILES string of the molecule is CC1CN(Cc2ccc(F)cc2)CCN1C(=O)C=Cc1ccc(Cl)cc1C#CC(C)(C)O. The van der Waals surface area contributed by atoms with Gasteiger partial charge in [0.25, 0.3) is 0 Å². The van der Waals surface area contributed by atoms with Gasteiger partial charge in [-0.15, -0.1) is 0 Å². The number of carbonyl (C=O) groups excluding carboxylic acids is 1. The van der Waals surface area contributed by atoms with Crippen molar-refractivity contribution >= 4 is 23.6 Å². The Balaban J connectivity index is 1.65. The van der Waals surface area contributed by atoms with Crippen LogP contribution in [0.5, 0.6) is 0 Å².